The van der Waals surface area contributed by atoms with Crippen LogP contribution in [0.25, 0.3) is 0 Å². The lowest BCUT2D eigenvalue weighted by atomic mass is 10.3. The number of hydrogen-bond donors (Lipinski definition) is 1. The SMILES string of the molecule is CCN(CC)c1ccc(NC(=O)c2nnc(Cl)s2)cn1. The van der Waals surface area contributed by atoms with Crippen molar-refractivity contribution in [3.8, 4) is 0 Å². The molecule has 2 heterocycles. The maximum Gasteiger partial charge on any atom is 0.286 e. The molecule has 0 aliphatic heterocycles. The Morgan fingerprint density at radius 1 is 1.35 bits per heavy atom. The van der Waals surface area contributed by atoms with Crippen molar-refractivity contribution in [3.63, 3.8) is 0 Å². The first kappa shape index (κ1) is 14.7. The van der Waals surface area contributed by atoms with Gasteiger partial charge in [-0.15, -0.1) is 10.2 Å². The van der Waals surface area contributed by atoms with E-state index in [0.717, 1.165) is 30.2 Å². The van der Waals surface area contributed by atoms with Crippen LogP contribution in [0.3, 0.4) is 0 Å². The molecular weight excluding hydrogens is 298 g/mol. The summed E-state index contributed by atoms with van der Waals surface area (Å²) in [5, 5.41) is 10.2. The molecule has 8 heteroatoms. The first-order chi connectivity index (χ1) is 9.63. The van der Waals surface area contributed by atoms with Gasteiger partial charge in [0.25, 0.3) is 5.91 Å². The van der Waals surface area contributed by atoms with E-state index in [1.54, 1.807) is 12.3 Å². The molecule has 0 aliphatic carbocycles. The van der Waals surface area contributed by atoms with Crippen LogP contribution in [0.4, 0.5) is 11.5 Å². The summed E-state index contributed by atoms with van der Waals surface area (Å²) in [6.45, 7) is 5.91. The maximum absolute atomic E-state index is 11.9. The quantitative estimate of drug-likeness (QED) is 0.919. The van der Waals surface area contributed by atoms with Crippen LogP contribution in [0.15, 0.2) is 18.3 Å². The molecule has 0 radical (unpaired) electrons. The smallest absolute Gasteiger partial charge is 0.286 e. The minimum Gasteiger partial charge on any atom is -0.357 e. The number of amides is 1. The van der Waals surface area contributed by atoms with E-state index >= 15 is 0 Å². The summed E-state index contributed by atoms with van der Waals surface area (Å²) in [6, 6.07) is 3.68. The lowest BCUT2D eigenvalue weighted by Crippen LogP contribution is -2.22. The highest BCUT2D eigenvalue weighted by Crippen LogP contribution is 2.18. The van der Waals surface area contributed by atoms with E-state index < -0.39 is 0 Å². The summed E-state index contributed by atoms with van der Waals surface area (Å²) in [5.41, 5.74) is 0.609. The molecule has 0 bridgehead atoms. The fourth-order valence-electron chi connectivity index (χ4n) is 1.68. The highest BCUT2D eigenvalue weighted by Gasteiger charge is 2.12. The number of carbonyl (C=O) groups is 1. The highest BCUT2D eigenvalue weighted by atomic mass is 35.5. The topological polar surface area (TPSA) is 71.0 Å². The van der Waals surface area contributed by atoms with E-state index in [1.807, 2.05) is 6.07 Å². The van der Waals surface area contributed by atoms with Crippen LogP contribution >= 0.6 is 22.9 Å². The van der Waals surface area contributed by atoms with E-state index in [9.17, 15) is 4.79 Å². The Kier molecular flexibility index (Phi) is 4.86. The second kappa shape index (κ2) is 6.62. The van der Waals surface area contributed by atoms with E-state index in [0.29, 0.717) is 5.69 Å². The zero-order valence-electron chi connectivity index (χ0n) is 11.1. The Balaban J connectivity index is 2.05. The van der Waals surface area contributed by atoms with E-state index in [4.69, 9.17) is 11.6 Å². The van der Waals surface area contributed by atoms with Crippen LogP contribution in [-0.4, -0.2) is 34.2 Å². The van der Waals surface area contributed by atoms with Gasteiger partial charge in [0.05, 0.1) is 11.9 Å². The first-order valence-electron chi connectivity index (χ1n) is 6.15. The molecule has 2 aromatic rings. The molecule has 0 atom stereocenters. The molecule has 20 heavy (non-hydrogen) atoms. The van der Waals surface area contributed by atoms with Crippen molar-refractivity contribution in [3.05, 3.63) is 27.8 Å². The molecule has 0 fully saturated rings. The van der Waals surface area contributed by atoms with E-state index in [1.165, 1.54) is 0 Å². The van der Waals surface area contributed by atoms with Crippen molar-refractivity contribution in [1.82, 2.24) is 15.2 Å². The van der Waals surface area contributed by atoms with Gasteiger partial charge in [-0.3, -0.25) is 4.79 Å². The highest BCUT2D eigenvalue weighted by molar-refractivity contribution is 7.17. The maximum atomic E-state index is 11.9. The summed E-state index contributed by atoms with van der Waals surface area (Å²) >= 11 is 6.67. The largest absolute Gasteiger partial charge is 0.357 e. The van der Waals surface area contributed by atoms with Crippen LogP contribution < -0.4 is 10.2 Å². The third-order valence-electron chi connectivity index (χ3n) is 2.69. The van der Waals surface area contributed by atoms with Gasteiger partial charge in [0.15, 0.2) is 0 Å². The fourth-order valence-corrected chi connectivity index (χ4v) is 2.40. The molecular formula is C12H14ClN5OS. The second-order valence-corrected chi connectivity index (χ2v) is 5.45. The summed E-state index contributed by atoms with van der Waals surface area (Å²) in [5.74, 6) is 0.541. The average molecular weight is 312 g/mol. The number of aromatic nitrogens is 3. The Labute approximate surface area is 125 Å². The Morgan fingerprint density at radius 3 is 2.60 bits per heavy atom. The van der Waals surface area contributed by atoms with Crippen LogP contribution in [0, 0.1) is 0 Å². The Hall–Kier alpha value is -1.73. The Morgan fingerprint density at radius 2 is 2.10 bits per heavy atom. The van der Waals surface area contributed by atoms with Gasteiger partial charge in [-0.25, -0.2) is 4.98 Å². The van der Waals surface area contributed by atoms with Crippen LogP contribution in [0.2, 0.25) is 4.47 Å². The number of anilines is 2. The summed E-state index contributed by atoms with van der Waals surface area (Å²) in [6.07, 6.45) is 1.62. The Bertz CT molecular complexity index is 582. The number of nitrogens with one attached hydrogen (secondary N) is 1. The molecule has 0 unspecified atom stereocenters. The summed E-state index contributed by atoms with van der Waals surface area (Å²) < 4.78 is 0.241. The number of nitrogens with zero attached hydrogens (tertiary/aromatic N) is 4. The van der Waals surface area contributed by atoms with Crippen molar-refractivity contribution < 1.29 is 4.79 Å². The molecule has 6 nitrogen and oxygen atoms in total. The molecule has 0 spiro atoms. The molecule has 0 saturated carbocycles. The molecule has 1 amide bonds. The van der Waals surface area contributed by atoms with Gasteiger partial charge in [-0.2, -0.15) is 0 Å². The van der Waals surface area contributed by atoms with Crippen LogP contribution in [-0.2, 0) is 0 Å². The predicted molar refractivity (Wildman–Crippen MR) is 80.7 cm³/mol. The fraction of sp³-hybridized carbons (Fsp3) is 0.333. The van der Waals surface area contributed by atoms with Crippen molar-refractivity contribution in [2.45, 2.75) is 13.8 Å². The molecule has 0 aromatic carbocycles. The van der Waals surface area contributed by atoms with E-state index in [2.05, 4.69) is 39.2 Å². The lowest BCUT2D eigenvalue weighted by Gasteiger charge is -2.19. The van der Waals surface area contributed by atoms with Gasteiger partial charge in [-0.05, 0) is 37.6 Å². The van der Waals surface area contributed by atoms with Crippen LogP contribution in [0.1, 0.15) is 23.6 Å². The van der Waals surface area contributed by atoms with Gasteiger partial charge in [-0.1, -0.05) is 11.3 Å². The van der Waals surface area contributed by atoms with Gasteiger partial charge in [0, 0.05) is 13.1 Å². The average Bonchev–Trinajstić information content (AvgIpc) is 2.89. The number of halogens is 1. The van der Waals surface area contributed by atoms with Crippen molar-refractivity contribution in [1.29, 1.82) is 0 Å². The van der Waals surface area contributed by atoms with E-state index in [-0.39, 0.29) is 15.4 Å². The normalized spacial score (nSPS) is 10.3. The van der Waals surface area contributed by atoms with Crippen molar-refractivity contribution in [2.75, 3.05) is 23.3 Å². The summed E-state index contributed by atoms with van der Waals surface area (Å²) in [4.78, 5) is 18.3. The third kappa shape index (κ3) is 3.43. The molecule has 2 rings (SSSR count). The molecule has 1 N–H and O–H groups in total. The number of carbonyl (C=O) groups excluding carboxylic acids is 1. The zero-order chi connectivity index (χ0) is 14.5. The molecule has 0 aliphatic rings. The third-order valence-corrected chi connectivity index (χ3v) is 3.71. The minimum atomic E-state index is -0.341. The van der Waals surface area contributed by atoms with Crippen molar-refractivity contribution >= 4 is 40.4 Å². The summed E-state index contributed by atoms with van der Waals surface area (Å²) in [7, 11) is 0. The van der Waals surface area contributed by atoms with Gasteiger partial charge in [0.2, 0.25) is 9.47 Å². The number of pyridine rings is 1. The van der Waals surface area contributed by atoms with Gasteiger partial charge >= 0.3 is 0 Å². The monoisotopic (exact) mass is 311 g/mol. The second-order valence-electron chi connectivity index (χ2n) is 3.89. The van der Waals surface area contributed by atoms with Crippen molar-refractivity contribution in [2.24, 2.45) is 0 Å². The number of rotatable bonds is 5. The predicted octanol–water partition coefficient (Wildman–Crippen LogP) is 2.69. The first-order valence-corrected chi connectivity index (χ1v) is 7.34. The van der Waals surface area contributed by atoms with Gasteiger partial charge in [0.1, 0.15) is 5.82 Å². The molecule has 106 valence electrons. The van der Waals surface area contributed by atoms with Gasteiger partial charge < -0.3 is 10.2 Å². The standard InChI is InChI=1S/C12H14ClN5OS/c1-3-18(4-2)9-6-5-8(7-14-9)15-10(19)11-16-17-12(13)20-11/h5-7H,3-4H2,1-2H3,(H,15,19). The molecule has 2 aromatic heterocycles. The molecule has 0 saturated heterocycles. The number of hydrogen-bond acceptors (Lipinski definition) is 6. The zero-order valence-corrected chi connectivity index (χ0v) is 12.7. The van der Waals surface area contributed by atoms with Crippen LogP contribution in [0.5, 0.6) is 0 Å². The minimum absolute atomic E-state index is 0.225. The lowest BCUT2D eigenvalue weighted by molar-refractivity contribution is 0.102.